The summed E-state index contributed by atoms with van der Waals surface area (Å²) in [5.41, 5.74) is 0.752. The molecule has 0 saturated carbocycles. The van der Waals surface area contributed by atoms with Crippen molar-refractivity contribution in [1.82, 2.24) is 9.88 Å². The number of carbonyl (C=O) groups excluding carboxylic acids is 1. The van der Waals surface area contributed by atoms with Crippen LogP contribution in [-0.4, -0.2) is 42.6 Å². The van der Waals surface area contributed by atoms with Crippen LogP contribution < -0.4 is 0 Å². The highest BCUT2D eigenvalue weighted by atomic mass is 32.1. The lowest BCUT2D eigenvalue weighted by Gasteiger charge is -2.20. The first kappa shape index (κ1) is 14.6. The lowest BCUT2D eigenvalue weighted by atomic mass is 10.3. The molecular weight excluding hydrogens is 250 g/mol. The largest absolute Gasteiger partial charge is 0.383 e. The predicted molar refractivity (Wildman–Crippen MR) is 69.6 cm³/mol. The molecule has 0 aromatic carbocycles. The van der Waals surface area contributed by atoms with Gasteiger partial charge in [0.05, 0.1) is 29.8 Å². The fraction of sp³-hybridized carbons (Fsp3) is 0.583. The molecule has 6 heteroatoms. The van der Waals surface area contributed by atoms with Crippen LogP contribution in [0.5, 0.6) is 0 Å². The Morgan fingerprint density at radius 1 is 1.50 bits per heavy atom. The molecule has 1 rings (SSSR count). The molecule has 0 aliphatic rings. The van der Waals surface area contributed by atoms with E-state index in [-0.39, 0.29) is 5.91 Å². The number of ether oxygens (including phenoxy) is 1. The van der Waals surface area contributed by atoms with Gasteiger partial charge in [0.2, 0.25) is 0 Å². The normalized spacial score (nSPS) is 10.1. The second kappa shape index (κ2) is 7.09. The average molecular weight is 267 g/mol. The number of nitriles is 1. The van der Waals surface area contributed by atoms with Gasteiger partial charge >= 0.3 is 0 Å². The summed E-state index contributed by atoms with van der Waals surface area (Å²) >= 11 is 1.39. The highest BCUT2D eigenvalue weighted by Crippen LogP contribution is 2.19. The van der Waals surface area contributed by atoms with E-state index in [0.717, 1.165) is 10.7 Å². The lowest BCUT2D eigenvalue weighted by Crippen LogP contribution is -2.34. The molecule has 1 heterocycles. The zero-order chi connectivity index (χ0) is 13.5. The molecule has 0 aliphatic carbocycles. The van der Waals surface area contributed by atoms with Crippen LogP contribution in [0.25, 0.3) is 0 Å². The number of hydrogen-bond donors (Lipinski definition) is 0. The van der Waals surface area contributed by atoms with Gasteiger partial charge in [0.1, 0.15) is 4.88 Å². The first-order chi connectivity index (χ1) is 8.60. The van der Waals surface area contributed by atoms with Crippen molar-refractivity contribution in [2.75, 3.05) is 26.8 Å². The third-order valence-electron chi connectivity index (χ3n) is 2.44. The summed E-state index contributed by atoms with van der Waals surface area (Å²) in [6, 6.07) is 2.05. The average Bonchev–Trinajstić information content (AvgIpc) is 2.68. The Labute approximate surface area is 111 Å². The van der Waals surface area contributed by atoms with Gasteiger partial charge in [-0.15, -0.1) is 11.3 Å². The van der Waals surface area contributed by atoms with E-state index in [1.165, 1.54) is 11.3 Å². The van der Waals surface area contributed by atoms with Crippen LogP contribution >= 0.6 is 11.3 Å². The highest BCUT2D eigenvalue weighted by molar-refractivity contribution is 7.13. The number of hydrogen-bond acceptors (Lipinski definition) is 5. The number of aromatic nitrogens is 1. The number of rotatable bonds is 6. The SMILES string of the molecule is COCCN(CCC#N)C(=O)c1sc(C)nc1C. The van der Waals surface area contributed by atoms with Gasteiger partial charge in [-0.25, -0.2) is 4.98 Å². The minimum atomic E-state index is -0.0644. The van der Waals surface area contributed by atoms with Crippen LogP contribution in [-0.2, 0) is 4.74 Å². The van der Waals surface area contributed by atoms with Crippen LogP contribution in [0.2, 0.25) is 0 Å². The molecule has 0 radical (unpaired) electrons. The molecule has 0 aliphatic heterocycles. The van der Waals surface area contributed by atoms with Gasteiger partial charge in [-0.2, -0.15) is 5.26 Å². The Morgan fingerprint density at radius 3 is 2.72 bits per heavy atom. The quantitative estimate of drug-likeness (QED) is 0.787. The third-order valence-corrected chi connectivity index (χ3v) is 3.50. The summed E-state index contributed by atoms with van der Waals surface area (Å²) in [4.78, 5) is 18.9. The van der Waals surface area contributed by atoms with Crippen molar-refractivity contribution in [3.63, 3.8) is 0 Å². The Balaban J connectivity index is 2.81. The predicted octanol–water partition coefficient (Wildman–Crippen LogP) is 1.76. The van der Waals surface area contributed by atoms with E-state index < -0.39 is 0 Å². The molecule has 98 valence electrons. The molecule has 1 aromatic heterocycles. The number of carbonyl (C=O) groups is 1. The molecule has 5 nitrogen and oxygen atoms in total. The van der Waals surface area contributed by atoms with Crippen LogP contribution in [0.15, 0.2) is 0 Å². The van der Waals surface area contributed by atoms with E-state index in [1.54, 1.807) is 12.0 Å². The van der Waals surface area contributed by atoms with E-state index in [4.69, 9.17) is 10.00 Å². The Hall–Kier alpha value is -1.45. The maximum absolute atomic E-state index is 12.3. The van der Waals surface area contributed by atoms with Crippen LogP contribution in [0.4, 0.5) is 0 Å². The van der Waals surface area contributed by atoms with Crippen molar-refractivity contribution < 1.29 is 9.53 Å². The summed E-state index contributed by atoms with van der Waals surface area (Å²) < 4.78 is 4.98. The van der Waals surface area contributed by atoms with E-state index >= 15 is 0 Å². The summed E-state index contributed by atoms with van der Waals surface area (Å²) in [7, 11) is 1.59. The molecule has 0 fully saturated rings. The number of nitrogens with zero attached hydrogens (tertiary/aromatic N) is 3. The second-order valence-electron chi connectivity index (χ2n) is 3.84. The Morgan fingerprint density at radius 2 is 2.22 bits per heavy atom. The molecule has 0 saturated heterocycles. The lowest BCUT2D eigenvalue weighted by molar-refractivity contribution is 0.0703. The zero-order valence-electron chi connectivity index (χ0n) is 10.9. The molecule has 0 N–H and O–H groups in total. The van der Waals surface area contributed by atoms with Gasteiger partial charge in [-0.1, -0.05) is 0 Å². The molecule has 0 atom stereocenters. The first-order valence-electron chi connectivity index (χ1n) is 5.69. The fourth-order valence-electron chi connectivity index (χ4n) is 1.57. The topological polar surface area (TPSA) is 66.2 Å². The Kier molecular flexibility index (Phi) is 5.75. The monoisotopic (exact) mass is 267 g/mol. The van der Waals surface area contributed by atoms with Crippen molar-refractivity contribution in [3.8, 4) is 6.07 Å². The van der Waals surface area contributed by atoms with Gasteiger partial charge in [0, 0.05) is 20.2 Å². The van der Waals surface area contributed by atoms with Gasteiger partial charge in [-0.3, -0.25) is 4.79 Å². The first-order valence-corrected chi connectivity index (χ1v) is 6.51. The number of amides is 1. The number of thiazole rings is 1. The van der Waals surface area contributed by atoms with Crippen molar-refractivity contribution in [3.05, 3.63) is 15.6 Å². The molecule has 18 heavy (non-hydrogen) atoms. The summed E-state index contributed by atoms with van der Waals surface area (Å²) in [5, 5.41) is 9.50. The van der Waals surface area contributed by atoms with E-state index in [1.807, 2.05) is 13.8 Å². The van der Waals surface area contributed by atoms with E-state index in [0.29, 0.717) is 31.0 Å². The highest BCUT2D eigenvalue weighted by Gasteiger charge is 2.20. The molecule has 1 amide bonds. The maximum Gasteiger partial charge on any atom is 0.265 e. The van der Waals surface area contributed by atoms with Crippen molar-refractivity contribution in [2.24, 2.45) is 0 Å². The van der Waals surface area contributed by atoms with Crippen LogP contribution in [0, 0.1) is 25.2 Å². The molecule has 0 unspecified atom stereocenters. The second-order valence-corrected chi connectivity index (χ2v) is 5.04. The van der Waals surface area contributed by atoms with E-state index in [2.05, 4.69) is 11.1 Å². The minimum absolute atomic E-state index is 0.0644. The summed E-state index contributed by atoms with van der Waals surface area (Å²) in [6.07, 6.45) is 0.326. The number of methoxy groups -OCH3 is 1. The summed E-state index contributed by atoms with van der Waals surface area (Å²) in [6.45, 7) is 5.09. The molecule has 1 aromatic rings. The smallest absolute Gasteiger partial charge is 0.265 e. The van der Waals surface area contributed by atoms with Gasteiger partial charge in [0.15, 0.2) is 0 Å². The van der Waals surface area contributed by atoms with E-state index in [9.17, 15) is 4.79 Å². The Bertz CT molecular complexity index is 451. The third kappa shape index (κ3) is 3.79. The van der Waals surface area contributed by atoms with Crippen LogP contribution in [0.1, 0.15) is 26.8 Å². The molecular formula is C12H17N3O2S. The minimum Gasteiger partial charge on any atom is -0.383 e. The van der Waals surface area contributed by atoms with Gasteiger partial charge in [-0.05, 0) is 13.8 Å². The zero-order valence-corrected chi connectivity index (χ0v) is 11.7. The molecule has 0 bridgehead atoms. The standard InChI is InChI=1S/C12H17N3O2S/c1-9-11(18-10(2)14-9)12(16)15(6-4-5-13)7-8-17-3/h4,6-8H2,1-3H3. The van der Waals surface area contributed by atoms with Gasteiger partial charge < -0.3 is 9.64 Å². The van der Waals surface area contributed by atoms with Crippen LogP contribution in [0.3, 0.4) is 0 Å². The number of aryl methyl sites for hydroxylation is 2. The van der Waals surface area contributed by atoms with Gasteiger partial charge in [0.25, 0.3) is 5.91 Å². The van der Waals surface area contributed by atoms with Crippen molar-refractivity contribution >= 4 is 17.2 Å². The van der Waals surface area contributed by atoms with Crippen molar-refractivity contribution in [2.45, 2.75) is 20.3 Å². The molecule has 0 spiro atoms. The maximum atomic E-state index is 12.3. The summed E-state index contributed by atoms with van der Waals surface area (Å²) in [5.74, 6) is -0.0644. The van der Waals surface area contributed by atoms with Crippen molar-refractivity contribution in [1.29, 1.82) is 5.26 Å². The fourth-order valence-corrected chi connectivity index (χ4v) is 2.46.